The SMILES string of the molecule is CCc1ccccc1-n1[nH]cc(C(=O)O)c1=O. The summed E-state index contributed by atoms with van der Waals surface area (Å²) in [6, 6.07) is 7.38. The number of aryl methyl sites for hydroxylation is 1. The zero-order valence-electron chi connectivity index (χ0n) is 9.30. The summed E-state index contributed by atoms with van der Waals surface area (Å²) in [4.78, 5) is 22.6. The van der Waals surface area contributed by atoms with Crippen molar-refractivity contribution in [3.8, 4) is 5.69 Å². The van der Waals surface area contributed by atoms with Crippen LogP contribution in [-0.2, 0) is 6.42 Å². The smallest absolute Gasteiger partial charge is 0.342 e. The Labute approximate surface area is 97.3 Å². The highest BCUT2D eigenvalue weighted by Gasteiger charge is 2.14. The molecule has 1 heterocycles. The summed E-state index contributed by atoms with van der Waals surface area (Å²) in [6.07, 6.45) is 1.97. The maximum Gasteiger partial charge on any atom is 0.342 e. The van der Waals surface area contributed by atoms with Crippen molar-refractivity contribution in [2.75, 3.05) is 0 Å². The van der Waals surface area contributed by atoms with Gasteiger partial charge < -0.3 is 5.11 Å². The van der Waals surface area contributed by atoms with E-state index in [1.54, 1.807) is 6.07 Å². The molecule has 0 fully saturated rings. The van der Waals surface area contributed by atoms with E-state index in [1.807, 2.05) is 25.1 Å². The largest absolute Gasteiger partial charge is 0.477 e. The number of nitrogens with zero attached hydrogens (tertiary/aromatic N) is 1. The van der Waals surface area contributed by atoms with Crippen LogP contribution in [0.5, 0.6) is 0 Å². The normalized spacial score (nSPS) is 10.4. The number of carboxylic acids is 1. The molecule has 0 atom stereocenters. The van der Waals surface area contributed by atoms with E-state index < -0.39 is 11.5 Å². The number of nitrogens with one attached hydrogen (secondary N) is 1. The molecule has 0 aliphatic heterocycles. The number of benzene rings is 1. The summed E-state index contributed by atoms with van der Waals surface area (Å²) >= 11 is 0. The predicted molar refractivity (Wildman–Crippen MR) is 62.7 cm³/mol. The van der Waals surface area contributed by atoms with Crippen LogP contribution in [-0.4, -0.2) is 20.9 Å². The second-order valence-electron chi connectivity index (χ2n) is 3.62. The van der Waals surface area contributed by atoms with E-state index in [2.05, 4.69) is 5.10 Å². The van der Waals surface area contributed by atoms with E-state index >= 15 is 0 Å². The second-order valence-corrected chi connectivity index (χ2v) is 3.62. The van der Waals surface area contributed by atoms with Crippen LogP contribution in [0, 0.1) is 0 Å². The first kappa shape index (κ1) is 11.2. The number of carbonyl (C=O) groups is 1. The lowest BCUT2D eigenvalue weighted by Crippen LogP contribution is -2.20. The Morgan fingerprint density at radius 3 is 2.71 bits per heavy atom. The van der Waals surface area contributed by atoms with Crippen molar-refractivity contribution in [3.63, 3.8) is 0 Å². The Morgan fingerprint density at radius 2 is 2.12 bits per heavy atom. The fourth-order valence-electron chi connectivity index (χ4n) is 1.73. The number of aromatic nitrogens is 2. The summed E-state index contributed by atoms with van der Waals surface area (Å²) in [5.74, 6) is -1.22. The van der Waals surface area contributed by atoms with E-state index in [4.69, 9.17) is 5.11 Å². The highest BCUT2D eigenvalue weighted by Crippen LogP contribution is 2.12. The Kier molecular flexibility index (Phi) is 2.82. The molecule has 88 valence electrons. The van der Waals surface area contributed by atoms with E-state index in [0.29, 0.717) is 5.69 Å². The number of para-hydroxylation sites is 1. The van der Waals surface area contributed by atoms with Gasteiger partial charge in [0.25, 0.3) is 5.56 Å². The van der Waals surface area contributed by atoms with Crippen molar-refractivity contribution in [1.82, 2.24) is 9.78 Å². The number of aromatic amines is 1. The fraction of sp³-hybridized carbons (Fsp3) is 0.167. The number of carboxylic acid groups (broad SMARTS) is 1. The topological polar surface area (TPSA) is 75.1 Å². The van der Waals surface area contributed by atoms with Gasteiger partial charge in [0.15, 0.2) is 0 Å². The minimum Gasteiger partial charge on any atom is -0.477 e. The third kappa shape index (κ3) is 1.87. The Bertz CT molecular complexity index is 610. The summed E-state index contributed by atoms with van der Waals surface area (Å²) in [5.41, 5.74) is 0.871. The maximum atomic E-state index is 11.8. The van der Waals surface area contributed by atoms with Gasteiger partial charge in [0, 0.05) is 6.20 Å². The molecule has 1 aromatic heterocycles. The average Bonchev–Trinajstić information content (AvgIpc) is 2.71. The maximum absolute atomic E-state index is 11.8. The van der Waals surface area contributed by atoms with Crippen LogP contribution in [0.4, 0.5) is 0 Å². The van der Waals surface area contributed by atoms with Gasteiger partial charge in [-0.15, -0.1) is 0 Å². The van der Waals surface area contributed by atoms with Crippen molar-refractivity contribution in [2.45, 2.75) is 13.3 Å². The highest BCUT2D eigenvalue weighted by molar-refractivity contribution is 5.86. The molecule has 5 nitrogen and oxygen atoms in total. The van der Waals surface area contributed by atoms with Crippen LogP contribution in [0.15, 0.2) is 35.3 Å². The lowest BCUT2D eigenvalue weighted by molar-refractivity contribution is 0.0695. The van der Waals surface area contributed by atoms with Crippen LogP contribution >= 0.6 is 0 Å². The summed E-state index contributed by atoms with van der Waals surface area (Å²) < 4.78 is 1.25. The molecule has 2 rings (SSSR count). The standard InChI is InChI=1S/C12H12N2O3/c1-2-8-5-3-4-6-10(8)14-11(15)9(7-13-14)12(16)17/h3-7,13H,2H2,1H3,(H,16,17). The minimum atomic E-state index is -1.22. The van der Waals surface area contributed by atoms with Gasteiger partial charge in [-0.25, -0.2) is 9.48 Å². The number of hydrogen-bond acceptors (Lipinski definition) is 2. The van der Waals surface area contributed by atoms with Crippen LogP contribution in [0.3, 0.4) is 0 Å². The predicted octanol–water partition coefficient (Wildman–Crippen LogP) is 1.43. The number of H-pyrrole nitrogens is 1. The monoisotopic (exact) mass is 232 g/mol. The van der Waals surface area contributed by atoms with Crippen LogP contribution in [0.1, 0.15) is 22.8 Å². The van der Waals surface area contributed by atoms with Gasteiger partial charge >= 0.3 is 5.97 Å². The summed E-state index contributed by atoms with van der Waals surface area (Å²) in [6.45, 7) is 1.98. The quantitative estimate of drug-likeness (QED) is 0.840. The molecule has 2 aromatic rings. The molecule has 2 N–H and O–H groups in total. The zero-order valence-corrected chi connectivity index (χ0v) is 9.30. The van der Waals surface area contributed by atoms with Gasteiger partial charge in [0.2, 0.25) is 0 Å². The number of aromatic carboxylic acids is 1. The van der Waals surface area contributed by atoms with Gasteiger partial charge in [-0.05, 0) is 18.1 Å². The first-order chi connectivity index (χ1) is 8.15. The Morgan fingerprint density at radius 1 is 1.41 bits per heavy atom. The lowest BCUT2D eigenvalue weighted by Gasteiger charge is -2.06. The molecule has 0 unspecified atom stereocenters. The second kappa shape index (κ2) is 4.29. The van der Waals surface area contributed by atoms with E-state index in [0.717, 1.165) is 12.0 Å². The molecular formula is C12H12N2O3. The van der Waals surface area contributed by atoms with Crippen molar-refractivity contribution in [3.05, 3.63) is 51.9 Å². The molecule has 1 aromatic carbocycles. The molecular weight excluding hydrogens is 220 g/mol. The summed E-state index contributed by atoms with van der Waals surface area (Å²) in [7, 11) is 0. The van der Waals surface area contributed by atoms with E-state index in [1.165, 1.54) is 10.9 Å². The van der Waals surface area contributed by atoms with Gasteiger partial charge in [0.05, 0.1) is 5.69 Å². The average molecular weight is 232 g/mol. The van der Waals surface area contributed by atoms with Crippen LogP contribution in [0.2, 0.25) is 0 Å². The molecule has 0 aliphatic rings. The van der Waals surface area contributed by atoms with Crippen molar-refractivity contribution in [1.29, 1.82) is 0 Å². The minimum absolute atomic E-state index is 0.254. The van der Waals surface area contributed by atoms with Crippen molar-refractivity contribution >= 4 is 5.97 Å². The number of rotatable bonds is 3. The van der Waals surface area contributed by atoms with E-state index in [9.17, 15) is 9.59 Å². The fourth-order valence-corrected chi connectivity index (χ4v) is 1.73. The molecule has 5 heteroatoms. The zero-order chi connectivity index (χ0) is 12.4. The molecule has 17 heavy (non-hydrogen) atoms. The van der Waals surface area contributed by atoms with Gasteiger partial charge in [0.1, 0.15) is 5.56 Å². The third-order valence-corrected chi connectivity index (χ3v) is 2.62. The Balaban J connectivity index is 2.62. The van der Waals surface area contributed by atoms with E-state index in [-0.39, 0.29) is 5.56 Å². The summed E-state index contributed by atoms with van der Waals surface area (Å²) in [5, 5.41) is 11.5. The first-order valence-corrected chi connectivity index (χ1v) is 5.27. The highest BCUT2D eigenvalue weighted by atomic mass is 16.4. The van der Waals surface area contributed by atoms with Gasteiger partial charge in [-0.3, -0.25) is 9.89 Å². The third-order valence-electron chi connectivity index (χ3n) is 2.62. The molecule has 0 aliphatic carbocycles. The van der Waals surface area contributed by atoms with Crippen molar-refractivity contribution in [2.24, 2.45) is 0 Å². The van der Waals surface area contributed by atoms with Crippen LogP contribution in [0.25, 0.3) is 5.69 Å². The number of hydrogen-bond donors (Lipinski definition) is 2. The Hall–Kier alpha value is -2.30. The lowest BCUT2D eigenvalue weighted by atomic mass is 10.1. The molecule has 0 amide bonds. The molecule has 0 saturated heterocycles. The molecule has 0 saturated carbocycles. The van der Waals surface area contributed by atoms with Gasteiger partial charge in [-0.1, -0.05) is 25.1 Å². The van der Waals surface area contributed by atoms with Crippen LogP contribution < -0.4 is 5.56 Å². The van der Waals surface area contributed by atoms with Crippen molar-refractivity contribution < 1.29 is 9.90 Å². The molecule has 0 spiro atoms. The first-order valence-electron chi connectivity index (χ1n) is 5.27. The molecule has 0 radical (unpaired) electrons. The molecule has 0 bridgehead atoms. The van der Waals surface area contributed by atoms with Gasteiger partial charge in [-0.2, -0.15) is 0 Å².